The Kier molecular flexibility index (Phi) is 6.65. The van der Waals surface area contributed by atoms with Crippen LogP contribution in [0.5, 0.6) is 0 Å². The van der Waals surface area contributed by atoms with Gasteiger partial charge in [-0.2, -0.15) is 0 Å². The van der Waals surface area contributed by atoms with Crippen molar-refractivity contribution in [1.82, 2.24) is 10.2 Å². The summed E-state index contributed by atoms with van der Waals surface area (Å²) in [6.45, 7) is 8.14. The molecule has 18 heavy (non-hydrogen) atoms. The molecule has 1 N–H and O–H groups in total. The summed E-state index contributed by atoms with van der Waals surface area (Å²) < 4.78 is 5.04. The molecule has 106 valence electrons. The van der Waals surface area contributed by atoms with Gasteiger partial charge in [0, 0.05) is 19.6 Å². The van der Waals surface area contributed by atoms with E-state index >= 15 is 0 Å². The lowest BCUT2D eigenvalue weighted by atomic mass is 9.92. The topological polar surface area (TPSA) is 41.6 Å². The van der Waals surface area contributed by atoms with Gasteiger partial charge in [0.15, 0.2) is 0 Å². The fourth-order valence-corrected chi connectivity index (χ4v) is 2.67. The molecule has 0 radical (unpaired) electrons. The standard InChI is InChI=1S/C14H28N2O2/c1-4-5-6-8-14(2,13(17)18-3)16-11-7-9-15-10-12-16/h15H,4-12H2,1-3H3. The highest BCUT2D eigenvalue weighted by atomic mass is 16.5. The number of hydrogen-bond donors (Lipinski definition) is 1. The molecule has 1 unspecified atom stereocenters. The average Bonchev–Trinajstić information content (AvgIpc) is 2.67. The fraction of sp³-hybridized carbons (Fsp3) is 0.929. The molecule has 0 saturated carbocycles. The predicted molar refractivity (Wildman–Crippen MR) is 73.6 cm³/mol. The summed E-state index contributed by atoms with van der Waals surface area (Å²) in [6, 6.07) is 0. The van der Waals surface area contributed by atoms with E-state index in [2.05, 4.69) is 17.1 Å². The summed E-state index contributed by atoms with van der Waals surface area (Å²) in [6.07, 6.45) is 5.44. The first-order chi connectivity index (χ1) is 8.65. The molecule has 1 aliphatic rings. The molecule has 1 heterocycles. The molecule has 0 aromatic heterocycles. The molecule has 1 atom stereocenters. The number of unbranched alkanes of at least 4 members (excludes halogenated alkanes) is 2. The van der Waals surface area contributed by atoms with Gasteiger partial charge in [-0.15, -0.1) is 0 Å². The van der Waals surface area contributed by atoms with Crippen molar-refractivity contribution >= 4 is 5.97 Å². The first-order valence-corrected chi connectivity index (χ1v) is 7.19. The van der Waals surface area contributed by atoms with Crippen molar-refractivity contribution in [3.63, 3.8) is 0 Å². The number of nitrogens with zero attached hydrogens (tertiary/aromatic N) is 1. The number of esters is 1. The smallest absolute Gasteiger partial charge is 0.325 e. The Morgan fingerprint density at radius 3 is 2.78 bits per heavy atom. The van der Waals surface area contributed by atoms with Gasteiger partial charge >= 0.3 is 5.97 Å². The summed E-state index contributed by atoms with van der Waals surface area (Å²) in [4.78, 5) is 14.5. The van der Waals surface area contributed by atoms with Crippen molar-refractivity contribution in [2.24, 2.45) is 0 Å². The maximum absolute atomic E-state index is 12.2. The van der Waals surface area contributed by atoms with E-state index in [1.807, 2.05) is 6.92 Å². The molecule has 0 aromatic rings. The minimum absolute atomic E-state index is 0.0829. The molecule has 1 rings (SSSR count). The molecule has 0 aliphatic carbocycles. The summed E-state index contributed by atoms with van der Waals surface area (Å²) in [5.41, 5.74) is -0.448. The van der Waals surface area contributed by atoms with Crippen LogP contribution < -0.4 is 5.32 Å². The SMILES string of the molecule is CCCCCC(C)(C(=O)OC)N1CCCNCC1. The van der Waals surface area contributed by atoms with Crippen molar-refractivity contribution in [1.29, 1.82) is 0 Å². The molecule has 4 heteroatoms. The highest BCUT2D eigenvalue weighted by Gasteiger charge is 2.39. The Hall–Kier alpha value is -0.610. The second-order valence-corrected chi connectivity index (χ2v) is 5.31. The molecule has 0 amide bonds. The van der Waals surface area contributed by atoms with E-state index in [1.54, 1.807) is 0 Å². The van der Waals surface area contributed by atoms with E-state index in [1.165, 1.54) is 20.0 Å². The van der Waals surface area contributed by atoms with Crippen LogP contribution in [0.3, 0.4) is 0 Å². The zero-order chi connectivity index (χ0) is 13.4. The van der Waals surface area contributed by atoms with Gasteiger partial charge in [-0.25, -0.2) is 0 Å². The summed E-state index contributed by atoms with van der Waals surface area (Å²) in [7, 11) is 1.50. The number of methoxy groups -OCH3 is 1. The summed E-state index contributed by atoms with van der Waals surface area (Å²) >= 11 is 0. The lowest BCUT2D eigenvalue weighted by Crippen LogP contribution is -2.54. The predicted octanol–water partition coefficient (Wildman–Crippen LogP) is 1.79. The maximum Gasteiger partial charge on any atom is 0.325 e. The first-order valence-electron chi connectivity index (χ1n) is 7.19. The van der Waals surface area contributed by atoms with Crippen LogP contribution in [0.25, 0.3) is 0 Å². The quantitative estimate of drug-likeness (QED) is 0.581. The van der Waals surface area contributed by atoms with Crippen molar-refractivity contribution in [3.8, 4) is 0 Å². The van der Waals surface area contributed by atoms with Gasteiger partial charge in [-0.3, -0.25) is 9.69 Å². The summed E-state index contributed by atoms with van der Waals surface area (Å²) in [5, 5.41) is 3.38. The van der Waals surface area contributed by atoms with E-state index in [4.69, 9.17) is 4.74 Å². The lowest BCUT2D eigenvalue weighted by Gasteiger charge is -2.38. The Morgan fingerprint density at radius 2 is 2.11 bits per heavy atom. The Labute approximate surface area is 111 Å². The Bertz CT molecular complexity index is 250. The van der Waals surface area contributed by atoms with E-state index in [0.29, 0.717) is 0 Å². The van der Waals surface area contributed by atoms with Gasteiger partial charge in [0.2, 0.25) is 0 Å². The van der Waals surface area contributed by atoms with Crippen LogP contribution in [0, 0.1) is 0 Å². The highest BCUT2D eigenvalue weighted by Crippen LogP contribution is 2.25. The van der Waals surface area contributed by atoms with Crippen molar-refractivity contribution in [3.05, 3.63) is 0 Å². The van der Waals surface area contributed by atoms with Crippen LogP contribution in [-0.4, -0.2) is 49.7 Å². The number of carbonyl (C=O) groups excluding carboxylic acids is 1. The third-order valence-electron chi connectivity index (χ3n) is 3.93. The minimum Gasteiger partial charge on any atom is -0.468 e. The third kappa shape index (κ3) is 3.95. The van der Waals surface area contributed by atoms with E-state index in [-0.39, 0.29) is 5.97 Å². The fourth-order valence-electron chi connectivity index (χ4n) is 2.67. The van der Waals surface area contributed by atoms with Crippen LogP contribution in [0.2, 0.25) is 0 Å². The van der Waals surface area contributed by atoms with Crippen molar-refractivity contribution in [2.75, 3.05) is 33.3 Å². The molecular formula is C14H28N2O2. The van der Waals surface area contributed by atoms with Gasteiger partial charge < -0.3 is 10.1 Å². The minimum atomic E-state index is -0.448. The molecule has 1 fully saturated rings. The second kappa shape index (κ2) is 7.74. The molecule has 0 aromatic carbocycles. The van der Waals surface area contributed by atoms with Crippen LogP contribution in [0.1, 0.15) is 46.0 Å². The van der Waals surface area contributed by atoms with Crippen LogP contribution >= 0.6 is 0 Å². The van der Waals surface area contributed by atoms with Crippen LogP contribution in [0.15, 0.2) is 0 Å². The van der Waals surface area contributed by atoms with E-state index in [9.17, 15) is 4.79 Å². The zero-order valence-electron chi connectivity index (χ0n) is 12.1. The van der Waals surface area contributed by atoms with E-state index < -0.39 is 5.54 Å². The molecule has 1 aliphatic heterocycles. The van der Waals surface area contributed by atoms with Gasteiger partial charge in [0.25, 0.3) is 0 Å². The zero-order valence-corrected chi connectivity index (χ0v) is 12.1. The first kappa shape index (κ1) is 15.4. The second-order valence-electron chi connectivity index (χ2n) is 5.31. The third-order valence-corrected chi connectivity index (χ3v) is 3.93. The number of hydrogen-bond acceptors (Lipinski definition) is 4. The van der Waals surface area contributed by atoms with Gasteiger partial charge in [-0.1, -0.05) is 26.2 Å². The molecule has 0 spiro atoms. The number of ether oxygens (including phenoxy) is 1. The molecule has 0 bridgehead atoms. The number of carbonyl (C=O) groups is 1. The average molecular weight is 256 g/mol. The number of nitrogens with one attached hydrogen (secondary N) is 1. The Morgan fingerprint density at radius 1 is 1.33 bits per heavy atom. The Balaban J connectivity index is 2.70. The van der Waals surface area contributed by atoms with Crippen molar-refractivity contribution < 1.29 is 9.53 Å². The van der Waals surface area contributed by atoms with E-state index in [0.717, 1.165) is 45.4 Å². The monoisotopic (exact) mass is 256 g/mol. The van der Waals surface area contributed by atoms with Gasteiger partial charge in [0.1, 0.15) is 5.54 Å². The maximum atomic E-state index is 12.2. The number of rotatable bonds is 6. The highest BCUT2D eigenvalue weighted by molar-refractivity contribution is 5.80. The molecule has 4 nitrogen and oxygen atoms in total. The normalized spacial score (nSPS) is 21.1. The largest absolute Gasteiger partial charge is 0.468 e. The van der Waals surface area contributed by atoms with Gasteiger partial charge in [-0.05, 0) is 26.3 Å². The molecule has 1 saturated heterocycles. The summed E-state index contributed by atoms with van der Waals surface area (Å²) in [5.74, 6) is -0.0829. The van der Waals surface area contributed by atoms with Crippen LogP contribution in [-0.2, 0) is 9.53 Å². The van der Waals surface area contributed by atoms with Gasteiger partial charge in [0.05, 0.1) is 7.11 Å². The van der Waals surface area contributed by atoms with Crippen molar-refractivity contribution in [2.45, 2.75) is 51.5 Å². The van der Waals surface area contributed by atoms with Crippen LogP contribution in [0.4, 0.5) is 0 Å². The molecular weight excluding hydrogens is 228 g/mol. The lowest BCUT2D eigenvalue weighted by molar-refractivity contribution is -0.155.